The zero-order valence-electron chi connectivity index (χ0n) is 9.15. The predicted molar refractivity (Wildman–Crippen MR) is 54.3 cm³/mol. The summed E-state index contributed by atoms with van der Waals surface area (Å²) in [5.41, 5.74) is 0. The number of rotatable bonds is 1. The lowest BCUT2D eigenvalue weighted by Crippen LogP contribution is -2.19. The molecule has 76 valence electrons. The van der Waals surface area contributed by atoms with Crippen LogP contribution in [-0.2, 0) is 0 Å². The lowest BCUT2D eigenvalue weighted by Gasteiger charge is -2.02. The third-order valence-corrected chi connectivity index (χ3v) is 1.66. The Bertz CT molecular complexity index is 76.2. The third-order valence-electron chi connectivity index (χ3n) is 1.66. The van der Waals surface area contributed by atoms with Crippen molar-refractivity contribution >= 4 is 0 Å². The first-order valence-electron chi connectivity index (χ1n) is 5.20. The van der Waals surface area contributed by atoms with Gasteiger partial charge in [0.05, 0.1) is 0 Å². The van der Waals surface area contributed by atoms with Crippen LogP contribution in [0.1, 0.15) is 47.5 Å². The van der Waals surface area contributed by atoms with E-state index in [0.717, 1.165) is 12.8 Å². The van der Waals surface area contributed by atoms with Crippen molar-refractivity contribution < 1.29 is 4.39 Å². The maximum atomic E-state index is 12.3. The Morgan fingerprint density at radius 2 is 1.75 bits per heavy atom. The highest BCUT2D eigenvalue weighted by atomic mass is 19.1. The highest BCUT2D eigenvalue weighted by molar-refractivity contribution is 4.79. The maximum Gasteiger partial charge on any atom is 0.114 e. The fraction of sp³-hybridized carbons (Fsp3) is 1.00. The molecule has 2 atom stereocenters. The average Bonchev–Trinajstić information content (AvgIpc) is 2.58. The molecule has 0 radical (unpaired) electrons. The minimum absolute atomic E-state index is 0.449. The second-order valence-corrected chi connectivity index (χ2v) is 2.35. The van der Waals surface area contributed by atoms with E-state index in [0.29, 0.717) is 12.6 Å². The minimum atomic E-state index is -0.583. The molecule has 2 heteroatoms. The molecule has 0 bridgehead atoms. The molecule has 1 aliphatic rings. The van der Waals surface area contributed by atoms with Gasteiger partial charge in [-0.05, 0) is 12.8 Å². The smallest absolute Gasteiger partial charge is 0.114 e. The van der Waals surface area contributed by atoms with Crippen molar-refractivity contribution in [2.75, 3.05) is 6.54 Å². The monoisotopic (exact) mass is 177 g/mol. The van der Waals surface area contributed by atoms with Crippen LogP contribution in [-0.4, -0.2) is 18.8 Å². The minimum Gasteiger partial charge on any atom is -0.311 e. The quantitative estimate of drug-likeness (QED) is 0.649. The second-order valence-electron chi connectivity index (χ2n) is 2.35. The van der Waals surface area contributed by atoms with Gasteiger partial charge in [0.2, 0.25) is 0 Å². The van der Waals surface area contributed by atoms with Crippen LogP contribution in [0.4, 0.5) is 4.39 Å². The van der Waals surface area contributed by atoms with Crippen molar-refractivity contribution in [1.29, 1.82) is 0 Å². The van der Waals surface area contributed by atoms with Gasteiger partial charge in [-0.1, -0.05) is 34.6 Å². The van der Waals surface area contributed by atoms with Crippen molar-refractivity contribution in [3.63, 3.8) is 0 Å². The standard InChI is InChI=1S/C6H12FN.2C2H6/c1-2-6-3-5(7)4-8-6;2*1-2/h5-6,8H,2-4H2,1H3;2*1-2H3. The summed E-state index contributed by atoms with van der Waals surface area (Å²) in [4.78, 5) is 0. The van der Waals surface area contributed by atoms with Gasteiger partial charge in [-0.25, -0.2) is 4.39 Å². The van der Waals surface area contributed by atoms with Crippen LogP contribution in [0.25, 0.3) is 0 Å². The molecule has 1 nitrogen and oxygen atoms in total. The fourth-order valence-electron chi connectivity index (χ4n) is 1.08. The van der Waals surface area contributed by atoms with Crippen molar-refractivity contribution in [2.24, 2.45) is 0 Å². The van der Waals surface area contributed by atoms with Gasteiger partial charge in [0, 0.05) is 12.6 Å². The van der Waals surface area contributed by atoms with Gasteiger partial charge in [-0.15, -0.1) is 0 Å². The van der Waals surface area contributed by atoms with Crippen molar-refractivity contribution in [3.8, 4) is 0 Å². The van der Waals surface area contributed by atoms with E-state index in [1.54, 1.807) is 0 Å². The summed E-state index contributed by atoms with van der Waals surface area (Å²) >= 11 is 0. The van der Waals surface area contributed by atoms with Crippen molar-refractivity contribution in [1.82, 2.24) is 5.32 Å². The van der Waals surface area contributed by atoms with E-state index < -0.39 is 6.17 Å². The fourth-order valence-corrected chi connectivity index (χ4v) is 1.08. The predicted octanol–water partition coefficient (Wildman–Crippen LogP) is 3.15. The lowest BCUT2D eigenvalue weighted by atomic mass is 10.2. The van der Waals surface area contributed by atoms with E-state index >= 15 is 0 Å². The molecule has 1 N–H and O–H groups in total. The molecule has 1 heterocycles. The molecule has 1 rings (SSSR count). The highest BCUT2D eigenvalue weighted by Crippen LogP contribution is 2.11. The molecule has 0 aliphatic carbocycles. The summed E-state index contributed by atoms with van der Waals surface area (Å²) < 4.78 is 12.3. The Kier molecular flexibility index (Phi) is 13.1. The summed E-state index contributed by atoms with van der Waals surface area (Å²) in [6, 6.07) is 0.449. The number of halogens is 1. The Morgan fingerprint density at radius 3 is 1.92 bits per heavy atom. The van der Waals surface area contributed by atoms with Gasteiger partial charge in [-0.2, -0.15) is 0 Å². The van der Waals surface area contributed by atoms with Crippen LogP contribution >= 0.6 is 0 Å². The molecule has 0 spiro atoms. The number of hydrogen-bond acceptors (Lipinski definition) is 1. The summed E-state index contributed by atoms with van der Waals surface area (Å²) in [6.45, 7) is 10.6. The second kappa shape index (κ2) is 10.9. The molecule has 1 saturated heterocycles. The summed E-state index contributed by atoms with van der Waals surface area (Å²) in [7, 11) is 0. The zero-order valence-corrected chi connectivity index (χ0v) is 9.15. The van der Waals surface area contributed by atoms with Crippen LogP contribution < -0.4 is 5.32 Å². The van der Waals surface area contributed by atoms with E-state index in [9.17, 15) is 4.39 Å². The molecule has 0 saturated carbocycles. The Morgan fingerprint density at radius 1 is 1.25 bits per heavy atom. The van der Waals surface area contributed by atoms with Crippen LogP contribution in [0.2, 0.25) is 0 Å². The Balaban J connectivity index is 0. The first kappa shape index (κ1) is 14.4. The SMILES string of the molecule is CC.CC.CCC1CC(F)CN1. The zero-order chi connectivity index (χ0) is 9.98. The molecule has 12 heavy (non-hydrogen) atoms. The molecule has 0 aromatic carbocycles. The van der Waals surface area contributed by atoms with Crippen molar-refractivity contribution in [2.45, 2.75) is 59.7 Å². The number of alkyl halides is 1. The van der Waals surface area contributed by atoms with E-state index in [1.165, 1.54) is 0 Å². The average molecular weight is 177 g/mol. The molecular formula is C10H24FN. The summed E-state index contributed by atoms with van der Waals surface area (Å²) in [5.74, 6) is 0. The van der Waals surface area contributed by atoms with Gasteiger partial charge < -0.3 is 5.32 Å². The molecule has 0 aromatic heterocycles. The third kappa shape index (κ3) is 6.59. The Labute approximate surface area is 76.7 Å². The van der Waals surface area contributed by atoms with Gasteiger partial charge in [0.25, 0.3) is 0 Å². The summed E-state index contributed by atoms with van der Waals surface area (Å²) in [6.07, 6.45) is 1.19. The van der Waals surface area contributed by atoms with Gasteiger partial charge >= 0.3 is 0 Å². The van der Waals surface area contributed by atoms with Gasteiger partial charge in [0.1, 0.15) is 6.17 Å². The Hall–Kier alpha value is -0.110. The van der Waals surface area contributed by atoms with Crippen LogP contribution in [0.15, 0.2) is 0 Å². The topological polar surface area (TPSA) is 12.0 Å². The van der Waals surface area contributed by atoms with Crippen LogP contribution in [0, 0.1) is 0 Å². The largest absolute Gasteiger partial charge is 0.311 e. The first-order valence-corrected chi connectivity index (χ1v) is 5.20. The highest BCUT2D eigenvalue weighted by Gasteiger charge is 2.20. The molecule has 1 fully saturated rings. The van der Waals surface area contributed by atoms with Gasteiger partial charge in [0.15, 0.2) is 0 Å². The van der Waals surface area contributed by atoms with E-state index in [2.05, 4.69) is 12.2 Å². The number of nitrogens with one attached hydrogen (secondary N) is 1. The first-order chi connectivity index (χ1) is 5.83. The number of hydrogen-bond donors (Lipinski definition) is 1. The van der Waals surface area contributed by atoms with E-state index in [1.807, 2.05) is 27.7 Å². The summed E-state index contributed by atoms with van der Waals surface area (Å²) in [5, 5.41) is 3.08. The molecule has 0 amide bonds. The lowest BCUT2D eigenvalue weighted by molar-refractivity contribution is 0.354. The van der Waals surface area contributed by atoms with E-state index in [-0.39, 0.29) is 0 Å². The van der Waals surface area contributed by atoms with Crippen molar-refractivity contribution in [3.05, 3.63) is 0 Å². The van der Waals surface area contributed by atoms with Crippen LogP contribution in [0.3, 0.4) is 0 Å². The van der Waals surface area contributed by atoms with E-state index in [4.69, 9.17) is 0 Å². The maximum absolute atomic E-state index is 12.3. The molecule has 2 unspecified atom stereocenters. The molecule has 0 aromatic rings. The molecule has 1 aliphatic heterocycles. The van der Waals surface area contributed by atoms with Gasteiger partial charge in [-0.3, -0.25) is 0 Å². The van der Waals surface area contributed by atoms with Crippen LogP contribution in [0.5, 0.6) is 0 Å². The molecular weight excluding hydrogens is 153 g/mol. The normalized spacial score (nSPS) is 26.5.